The minimum absolute atomic E-state index is 0.0243. The first kappa shape index (κ1) is 25.7. The topological polar surface area (TPSA) is 125 Å². The van der Waals surface area contributed by atoms with E-state index in [1.54, 1.807) is 31.2 Å². The molecule has 1 amide bonds. The zero-order valence-corrected chi connectivity index (χ0v) is 20.3. The van der Waals surface area contributed by atoms with Gasteiger partial charge in [0.2, 0.25) is 0 Å². The molecule has 0 spiro atoms. The van der Waals surface area contributed by atoms with E-state index < -0.39 is 30.5 Å². The van der Waals surface area contributed by atoms with Gasteiger partial charge in [-0.3, -0.25) is 9.30 Å². The normalized spacial score (nSPS) is 18.1. The fourth-order valence-electron chi connectivity index (χ4n) is 4.74. The first-order valence-corrected chi connectivity index (χ1v) is 12.0. The van der Waals surface area contributed by atoms with Crippen molar-refractivity contribution in [2.45, 2.75) is 37.7 Å². The summed E-state index contributed by atoms with van der Waals surface area (Å²) >= 11 is 0. The zero-order valence-electron chi connectivity index (χ0n) is 20.3. The molecule has 4 aromatic rings. The number of halogens is 3. The first-order chi connectivity index (χ1) is 18.1. The van der Waals surface area contributed by atoms with Crippen LogP contribution in [-0.2, 0) is 0 Å². The van der Waals surface area contributed by atoms with Gasteiger partial charge in [-0.15, -0.1) is 10.2 Å². The molecule has 13 heteroatoms. The molecule has 1 fully saturated rings. The fraction of sp³-hybridized carbons (Fsp3) is 0.360. The lowest BCUT2D eigenvalue weighted by atomic mass is 10.1. The number of nitrogens with one attached hydrogen (secondary N) is 1. The van der Waals surface area contributed by atoms with Crippen molar-refractivity contribution in [3.8, 4) is 17.3 Å². The highest BCUT2D eigenvalue weighted by Crippen LogP contribution is 2.40. The molecule has 3 aromatic heterocycles. The Bertz CT molecular complexity index is 1470. The number of aromatic nitrogens is 4. The third-order valence-corrected chi connectivity index (χ3v) is 6.36. The smallest absolute Gasteiger partial charge is 0.408 e. The van der Waals surface area contributed by atoms with Gasteiger partial charge in [-0.25, -0.2) is 9.78 Å². The summed E-state index contributed by atoms with van der Waals surface area (Å²) in [4.78, 5) is 16.8. The number of amides is 1. The number of ether oxygens (including phenoxy) is 1. The molecule has 0 bridgehead atoms. The minimum atomic E-state index is -4.60. The number of nitrogens with zero attached hydrogens (tertiary/aromatic N) is 5. The van der Waals surface area contributed by atoms with Crippen molar-refractivity contribution in [3.05, 3.63) is 54.2 Å². The van der Waals surface area contributed by atoms with Crippen LogP contribution in [0.2, 0.25) is 0 Å². The summed E-state index contributed by atoms with van der Waals surface area (Å²) in [6, 6.07) is 9.17. The molecular weight excluding hydrogens is 505 g/mol. The van der Waals surface area contributed by atoms with Gasteiger partial charge in [-0.05, 0) is 37.1 Å². The van der Waals surface area contributed by atoms with Gasteiger partial charge in [0.15, 0.2) is 11.5 Å². The lowest BCUT2D eigenvalue weighted by molar-refractivity contribution is -0.184. The largest absolute Gasteiger partial charge is 0.489 e. The summed E-state index contributed by atoms with van der Waals surface area (Å²) in [5.74, 6) is 0.706. The van der Waals surface area contributed by atoms with Gasteiger partial charge in [0.25, 0.3) is 0 Å². The van der Waals surface area contributed by atoms with Gasteiger partial charge in [0.05, 0.1) is 6.10 Å². The Morgan fingerprint density at radius 2 is 2.03 bits per heavy atom. The minimum Gasteiger partial charge on any atom is -0.489 e. The van der Waals surface area contributed by atoms with Crippen LogP contribution in [0.5, 0.6) is 5.75 Å². The van der Waals surface area contributed by atoms with Crippen molar-refractivity contribution in [1.29, 1.82) is 0 Å². The summed E-state index contributed by atoms with van der Waals surface area (Å²) in [5.41, 5.74) is 1.22. The number of carboxylic acid groups (broad SMARTS) is 1. The van der Waals surface area contributed by atoms with Crippen LogP contribution < -0.4 is 10.1 Å². The average Bonchev–Trinajstić information content (AvgIpc) is 3.48. The Morgan fingerprint density at radius 1 is 1.21 bits per heavy atom. The molecule has 1 aromatic carbocycles. The molecule has 0 aliphatic carbocycles. The number of pyridine rings is 2. The number of hydrogen-bond donors (Lipinski definition) is 3. The summed E-state index contributed by atoms with van der Waals surface area (Å²) in [6.07, 6.45) is -4.92. The van der Waals surface area contributed by atoms with E-state index in [-0.39, 0.29) is 37.5 Å². The van der Waals surface area contributed by atoms with E-state index in [4.69, 9.17) is 9.84 Å². The number of aliphatic hydroxyl groups is 1. The van der Waals surface area contributed by atoms with Crippen LogP contribution in [0.1, 0.15) is 24.9 Å². The number of hydrogen-bond acceptors (Lipinski definition) is 7. The standard InChI is InChI=1S/C25H25F3N6O4/c1-14(35)13-38-19-4-2-3-15-5-7-18(30-21(15)19)23-32-31-20-8-6-16(11-34(20)23)22(25(26,27)28)33-10-9-17(12-33)29-24(36)37/h2-8,11,14,17,22,29,35H,9-10,12-13H2,1H3,(H,36,37)/t14-,17-,22+/m0/s1. The predicted molar refractivity (Wildman–Crippen MR) is 131 cm³/mol. The number of fused-ring (bicyclic) bond motifs is 2. The summed E-state index contributed by atoms with van der Waals surface area (Å²) in [7, 11) is 0. The van der Waals surface area contributed by atoms with Crippen molar-refractivity contribution in [2.75, 3.05) is 19.7 Å². The molecule has 3 atom stereocenters. The number of benzene rings is 1. The molecule has 200 valence electrons. The maximum absolute atomic E-state index is 14.3. The molecule has 1 saturated heterocycles. The van der Waals surface area contributed by atoms with Crippen LogP contribution in [0.25, 0.3) is 28.1 Å². The second-order valence-electron chi connectivity index (χ2n) is 9.27. The number of rotatable bonds is 7. The van der Waals surface area contributed by atoms with Crippen LogP contribution in [0.4, 0.5) is 18.0 Å². The van der Waals surface area contributed by atoms with E-state index in [0.717, 1.165) is 5.39 Å². The van der Waals surface area contributed by atoms with Crippen LogP contribution in [0.3, 0.4) is 0 Å². The first-order valence-electron chi connectivity index (χ1n) is 12.0. The van der Waals surface area contributed by atoms with Crippen LogP contribution in [-0.4, -0.2) is 78.8 Å². The van der Waals surface area contributed by atoms with Gasteiger partial charge < -0.3 is 20.3 Å². The summed E-state index contributed by atoms with van der Waals surface area (Å²) in [6.45, 7) is 1.69. The van der Waals surface area contributed by atoms with Gasteiger partial charge in [-0.1, -0.05) is 24.3 Å². The Balaban J connectivity index is 1.53. The SMILES string of the molecule is C[C@H](O)COc1cccc2ccc(-c3nnc4ccc([C@@H](N5CC[C@H](NC(=O)O)C5)C(F)(F)F)cn34)nc12. The second kappa shape index (κ2) is 10.1. The van der Waals surface area contributed by atoms with Crippen LogP contribution in [0, 0.1) is 0 Å². The highest BCUT2D eigenvalue weighted by molar-refractivity contribution is 5.86. The lowest BCUT2D eigenvalue weighted by Gasteiger charge is -2.30. The van der Waals surface area contributed by atoms with E-state index in [1.807, 2.05) is 6.07 Å². The van der Waals surface area contributed by atoms with E-state index in [2.05, 4.69) is 20.5 Å². The lowest BCUT2D eigenvalue weighted by Crippen LogP contribution is -2.40. The fourth-order valence-corrected chi connectivity index (χ4v) is 4.74. The number of carbonyl (C=O) groups is 1. The average molecular weight is 531 g/mol. The Kier molecular flexibility index (Phi) is 6.80. The van der Waals surface area contributed by atoms with Crippen LogP contribution >= 0.6 is 0 Å². The van der Waals surface area contributed by atoms with Gasteiger partial charge in [0.1, 0.15) is 29.6 Å². The molecule has 5 rings (SSSR count). The second-order valence-corrected chi connectivity index (χ2v) is 9.27. The molecule has 10 nitrogen and oxygen atoms in total. The Labute approximate surface area is 214 Å². The molecule has 1 aliphatic rings. The summed E-state index contributed by atoms with van der Waals surface area (Å²) < 4.78 is 50.0. The molecule has 38 heavy (non-hydrogen) atoms. The van der Waals surface area contributed by atoms with Gasteiger partial charge >= 0.3 is 12.3 Å². The van der Waals surface area contributed by atoms with Gasteiger partial charge in [0, 0.05) is 30.7 Å². The maximum atomic E-state index is 14.3. The van der Waals surface area contributed by atoms with E-state index in [1.165, 1.54) is 27.6 Å². The molecule has 0 saturated carbocycles. The predicted octanol–water partition coefficient (Wildman–Crippen LogP) is 3.65. The Hall–Kier alpha value is -3.97. The quantitative estimate of drug-likeness (QED) is 0.331. The third-order valence-electron chi connectivity index (χ3n) is 6.36. The number of para-hydroxylation sites is 1. The summed E-state index contributed by atoms with van der Waals surface area (Å²) in [5, 5.41) is 29.9. The highest BCUT2D eigenvalue weighted by Gasteiger charge is 2.47. The molecule has 3 N–H and O–H groups in total. The molecule has 0 unspecified atom stereocenters. The van der Waals surface area contributed by atoms with Gasteiger partial charge in [-0.2, -0.15) is 13.2 Å². The van der Waals surface area contributed by atoms with E-state index in [0.29, 0.717) is 22.6 Å². The molecular formula is C25H25F3N6O4. The number of aliphatic hydroxyl groups excluding tert-OH is 1. The molecule has 1 aliphatic heterocycles. The Morgan fingerprint density at radius 3 is 2.76 bits per heavy atom. The maximum Gasteiger partial charge on any atom is 0.408 e. The van der Waals surface area contributed by atoms with Crippen molar-refractivity contribution in [3.63, 3.8) is 0 Å². The van der Waals surface area contributed by atoms with Crippen LogP contribution in [0.15, 0.2) is 48.7 Å². The van der Waals surface area contributed by atoms with Crippen molar-refractivity contribution in [1.82, 2.24) is 29.8 Å². The van der Waals surface area contributed by atoms with Crippen molar-refractivity contribution >= 4 is 22.6 Å². The number of likely N-dealkylation sites (tertiary alicyclic amines) is 1. The molecule has 0 radical (unpaired) electrons. The highest BCUT2D eigenvalue weighted by atomic mass is 19.4. The number of alkyl halides is 3. The van der Waals surface area contributed by atoms with E-state index >= 15 is 0 Å². The van der Waals surface area contributed by atoms with Crippen molar-refractivity contribution in [2.24, 2.45) is 0 Å². The van der Waals surface area contributed by atoms with E-state index in [9.17, 15) is 23.1 Å². The monoisotopic (exact) mass is 530 g/mol. The molecule has 4 heterocycles. The third kappa shape index (κ3) is 5.20. The zero-order chi connectivity index (χ0) is 27.0. The van der Waals surface area contributed by atoms with Crippen molar-refractivity contribution < 1.29 is 32.9 Å².